The minimum absolute atomic E-state index is 0.189. The number of thiophene rings is 1. The maximum atomic E-state index is 10.6. The van der Waals surface area contributed by atoms with Gasteiger partial charge in [-0.05, 0) is 25.0 Å². The number of benzene rings is 1. The molecule has 1 aliphatic heterocycles. The Morgan fingerprint density at radius 1 is 1.14 bits per heavy atom. The fraction of sp³-hybridized carbons (Fsp3) is 0.500. The van der Waals surface area contributed by atoms with Crippen LogP contribution in [0.3, 0.4) is 0 Å². The second-order valence-corrected chi connectivity index (χ2v) is 7.71. The summed E-state index contributed by atoms with van der Waals surface area (Å²) in [5, 5.41) is 18.6. The molecular weight excluding hydrogens is 292 g/mol. The van der Waals surface area contributed by atoms with Gasteiger partial charge >= 0.3 is 0 Å². The number of nitrogens with zero attached hydrogens (tertiary/aromatic N) is 2. The molecule has 1 aliphatic carbocycles. The zero-order valence-corrected chi connectivity index (χ0v) is 13.8. The average molecular weight is 314 g/mol. The average Bonchev–Trinajstić information content (AvgIpc) is 2.90. The summed E-state index contributed by atoms with van der Waals surface area (Å²) in [7, 11) is 2.11. The molecular formula is C18H22N2OS. The van der Waals surface area contributed by atoms with E-state index in [2.05, 4.69) is 18.1 Å². The molecule has 0 atom stereocenters. The smallest absolute Gasteiger partial charge is 0.143 e. The number of aromatic hydroxyl groups is 1. The number of rotatable bonds is 1. The third kappa shape index (κ3) is 2.12. The molecule has 0 bridgehead atoms. The second kappa shape index (κ2) is 5.27. The van der Waals surface area contributed by atoms with Gasteiger partial charge in [-0.25, -0.2) is 0 Å². The van der Waals surface area contributed by atoms with Crippen molar-refractivity contribution in [1.29, 1.82) is 0 Å². The summed E-state index contributed by atoms with van der Waals surface area (Å²) >= 11 is 1.67. The van der Waals surface area contributed by atoms with Crippen LogP contribution in [-0.2, 0) is 0 Å². The number of hydrazone groups is 1. The summed E-state index contributed by atoms with van der Waals surface area (Å²) in [6, 6.07) is 8.07. The second-order valence-electron chi connectivity index (χ2n) is 6.66. The van der Waals surface area contributed by atoms with E-state index in [4.69, 9.17) is 5.10 Å². The summed E-state index contributed by atoms with van der Waals surface area (Å²) < 4.78 is 1.14. The van der Waals surface area contributed by atoms with Gasteiger partial charge in [0.1, 0.15) is 5.75 Å². The molecule has 4 rings (SSSR count). The molecule has 0 unspecified atom stereocenters. The Balaban J connectivity index is 1.71. The highest BCUT2D eigenvalue weighted by molar-refractivity contribution is 7.21. The van der Waals surface area contributed by atoms with Crippen LogP contribution >= 0.6 is 11.3 Å². The van der Waals surface area contributed by atoms with E-state index in [1.807, 2.05) is 18.2 Å². The van der Waals surface area contributed by atoms with E-state index in [-0.39, 0.29) is 5.54 Å². The van der Waals surface area contributed by atoms with Crippen LogP contribution in [0.5, 0.6) is 5.75 Å². The molecule has 0 radical (unpaired) electrons. The van der Waals surface area contributed by atoms with Crippen LogP contribution < -0.4 is 0 Å². The first-order chi connectivity index (χ1) is 10.7. The van der Waals surface area contributed by atoms with Gasteiger partial charge in [0, 0.05) is 23.6 Å². The van der Waals surface area contributed by atoms with E-state index in [9.17, 15) is 5.11 Å². The van der Waals surface area contributed by atoms with Gasteiger partial charge in [0.15, 0.2) is 0 Å². The van der Waals surface area contributed by atoms with Crippen LogP contribution in [0.25, 0.3) is 10.1 Å². The molecule has 0 saturated heterocycles. The van der Waals surface area contributed by atoms with Crippen molar-refractivity contribution in [3.05, 3.63) is 29.1 Å². The molecule has 116 valence electrons. The maximum Gasteiger partial charge on any atom is 0.143 e. The van der Waals surface area contributed by atoms with Crippen molar-refractivity contribution in [1.82, 2.24) is 5.01 Å². The molecule has 2 aliphatic rings. The molecule has 1 aromatic heterocycles. The number of hydrogen-bond acceptors (Lipinski definition) is 4. The van der Waals surface area contributed by atoms with Crippen molar-refractivity contribution < 1.29 is 5.11 Å². The first kappa shape index (κ1) is 14.1. The van der Waals surface area contributed by atoms with Crippen LogP contribution in [0.2, 0.25) is 0 Å². The van der Waals surface area contributed by atoms with Crippen molar-refractivity contribution in [3.8, 4) is 5.75 Å². The molecule has 4 heteroatoms. The van der Waals surface area contributed by atoms with Gasteiger partial charge in [-0.1, -0.05) is 37.8 Å². The van der Waals surface area contributed by atoms with Gasteiger partial charge < -0.3 is 5.11 Å². The molecule has 1 N–H and O–H groups in total. The van der Waals surface area contributed by atoms with E-state index < -0.39 is 0 Å². The summed E-state index contributed by atoms with van der Waals surface area (Å²) in [4.78, 5) is 0.967. The van der Waals surface area contributed by atoms with Crippen molar-refractivity contribution in [2.75, 3.05) is 7.05 Å². The van der Waals surface area contributed by atoms with Crippen molar-refractivity contribution in [2.45, 2.75) is 50.5 Å². The number of fused-ring (bicyclic) bond motifs is 1. The minimum atomic E-state index is 0.189. The van der Waals surface area contributed by atoms with Crippen molar-refractivity contribution in [3.63, 3.8) is 0 Å². The van der Waals surface area contributed by atoms with E-state index in [1.54, 1.807) is 11.3 Å². The molecule has 2 heterocycles. The Kier molecular flexibility index (Phi) is 3.37. The van der Waals surface area contributed by atoms with Gasteiger partial charge in [-0.2, -0.15) is 5.10 Å². The van der Waals surface area contributed by atoms with Gasteiger partial charge in [0.05, 0.1) is 16.1 Å². The normalized spacial score (nSPS) is 21.3. The first-order valence-electron chi connectivity index (χ1n) is 8.22. The summed E-state index contributed by atoms with van der Waals surface area (Å²) in [6.45, 7) is 0. The highest BCUT2D eigenvalue weighted by atomic mass is 32.1. The Bertz CT molecular complexity index is 726. The van der Waals surface area contributed by atoms with Crippen LogP contribution in [0.1, 0.15) is 49.8 Å². The lowest BCUT2D eigenvalue weighted by Gasteiger charge is -2.34. The molecule has 0 amide bonds. The Morgan fingerprint density at radius 3 is 2.59 bits per heavy atom. The minimum Gasteiger partial charge on any atom is -0.506 e. The fourth-order valence-electron chi connectivity index (χ4n) is 3.99. The summed E-state index contributed by atoms with van der Waals surface area (Å²) in [5.74, 6) is 0.415. The first-order valence-corrected chi connectivity index (χ1v) is 9.03. The lowest BCUT2D eigenvalue weighted by Crippen LogP contribution is -2.39. The predicted octanol–water partition coefficient (Wildman–Crippen LogP) is 4.74. The van der Waals surface area contributed by atoms with Crippen molar-refractivity contribution in [2.24, 2.45) is 5.10 Å². The van der Waals surface area contributed by atoms with E-state index in [0.29, 0.717) is 5.75 Å². The Hall–Kier alpha value is -1.55. The zero-order chi connectivity index (χ0) is 15.2. The summed E-state index contributed by atoms with van der Waals surface area (Å²) in [5.41, 5.74) is 1.26. The van der Waals surface area contributed by atoms with Crippen LogP contribution in [0.4, 0.5) is 0 Å². The van der Waals surface area contributed by atoms with Crippen LogP contribution in [0, 0.1) is 0 Å². The topological polar surface area (TPSA) is 35.8 Å². The highest BCUT2D eigenvalue weighted by Crippen LogP contribution is 2.44. The standard InChI is InChI=1S/C18H22N2OS/c1-20-18(10-6-2-3-7-11-18)12-14(19-20)17-16(21)13-8-4-5-9-15(13)22-17/h4-5,8-9,21H,2-3,6-7,10-12H2,1H3. The summed E-state index contributed by atoms with van der Waals surface area (Å²) in [6.07, 6.45) is 8.71. The Morgan fingerprint density at radius 2 is 1.86 bits per heavy atom. The maximum absolute atomic E-state index is 10.6. The number of hydrogen-bond donors (Lipinski definition) is 1. The van der Waals surface area contributed by atoms with Crippen LogP contribution in [-0.4, -0.2) is 28.4 Å². The molecule has 1 saturated carbocycles. The SMILES string of the molecule is CN1N=C(c2sc3ccccc3c2O)CC12CCCCCC2. The van der Waals surface area contributed by atoms with E-state index in [1.165, 1.54) is 38.5 Å². The highest BCUT2D eigenvalue weighted by Gasteiger charge is 2.41. The molecule has 22 heavy (non-hydrogen) atoms. The zero-order valence-electron chi connectivity index (χ0n) is 13.0. The molecule has 2 aromatic rings. The van der Waals surface area contributed by atoms with Gasteiger partial charge in [0.2, 0.25) is 0 Å². The van der Waals surface area contributed by atoms with Gasteiger partial charge in [-0.15, -0.1) is 11.3 Å². The lowest BCUT2D eigenvalue weighted by molar-refractivity contribution is 0.131. The van der Waals surface area contributed by atoms with Gasteiger partial charge in [-0.3, -0.25) is 5.01 Å². The fourth-order valence-corrected chi connectivity index (χ4v) is 5.07. The van der Waals surface area contributed by atoms with E-state index >= 15 is 0 Å². The molecule has 1 spiro atoms. The quantitative estimate of drug-likeness (QED) is 0.825. The van der Waals surface area contributed by atoms with Crippen LogP contribution in [0.15, 0.2) is 29.4 Å². The monoisotopic (exact) mass is 314 g/mol. The molecule has 1 fully saturated rings. The van der Waals surface area contributed by atoms with Crippen molar-refractivity contribution >= 4 is 27.1 Å². The third-order valence-electron chi connectivity index (χ3n) is 5.32. The third-order valence-corrected chi connectivity index (χ3v) is 6.53. The largest absolute Gasteiger partial charge is 0.506 e. The van der Waals surface area contributed by atoms with Gasteiger partial charge in [0.25, 0.3) is 0 Å². The molecule has 1 aromatic carbocycles. The van der Waals surface area contributed by atoms with E-state index in [0.717, 1.165) is 27.1 Å². The predicted molar refractivity (Wildman–Crippen MR) is 92.8 cm³/mol. The lowest BCUT2D eigenvalue weighted by atomic mass is 9.85. The molecule has 3 nitrogen and oxygen atoms in total. The Labute approximate surface area is 135 Å².